The van der Waals surface area contributed by atoms with Gasteiger partial charge < -0.3 is 20.2 Å². The minimum Gasteiger partial charge on any atom is -0.475 e. The van der Waals surface area contributed by atoms with Crippen molar-refractivity contribution in [2.45, 2.75) is 18.9 Å². The number of hydrogen-bond donors (Lipinski definition) is 2. The van der Waals surface area contributed by atoms with Gasteiger partial charge in [0.2, 0.25) is 5.91 Å². The Morgan fingerprint density at radius 3 is 1.97 bits per heavy atom. The van der Waals surface area contributed by atoms with E-state index in [-0.39, 0.29) is 24.6 Å². The highest BCUT2D eigenvalue weighted by atomic mass is 35.5. The van der Waals surface area contributed by atoms with Gasteiger partial charge in [0, 0.05) is 43.3 Å². The number of carbonyl (C=O) groups excluding carboxylic acids is 2. The molecule has 1 aliphatic heterocycles. The fourth-order valence-electron chi connectivity index (χ4n) is 3.19. The summed E-state index contributed by atoms with van der Waals surface area (Å²) in [5.41, 5.74) is -0.121. The highest BCUT2D eigenvalue weighted by Gasteiger charge is 2.38. The molecule has 14 heteroatoms. The van der Waals surface area contributed by atoms with Gasteiger partial charge in [-0.2, -0.15) is 26.3 Å². The lowest BCUT2D eigenvalue weighted by Crippen LogP contribution is -2.50. The number of nitrogens with zero attached hydrogens (tertiary/aromatic N) is 2. The molecule has 0 aromatic heterocycles. The largest absolute Gasteiger partial charge is 0.490 e. The van der Waals surface area contributed by atoms with Gasteiger partial charge in [0.15, 0.2) is 0 Å². The molecule has 0 radical (unpaired) electrons. The highest BCUT2D eigenvalue weighted by molar-refractivity contribution is 6.31. The summed E-state index contributed by atoms with van der Waals surface area (Å²) in [6, 6.07) is 10.9. The molecular weight excluding hydrogens is 532 g/mol. The second kappa shape index (κ2) is 12.8. The van der Waals surface area contributed by atoms with Crippen molar-refractivity contribution in [2.75, 3.05) is 32.7 Å². The first-order valence-electron chi connectivity index (χ1n) is 10.7. The Labute approximate surface area is 212 Å². The molecule has 2 amide bonds. The van der Waals surface area contributed by atoms with Crippen molar-refractivity contribution < 1.29 is 45.8 Å². The first-order chi connectivity index (χ1) is 17.2. The van der Waals surface area contributed by atoms with Crippen molar-refractivity contribution in [3.05, 3.63) is 70.2 Å². The maximum Gasteiger partial charge on any atom is 0.490 e. The summed E-state index contributed by atoms with van der Waals surface area (Å²) in [6.45, 7) is 2.29. The van der Waals surface area contributed by atoms with Crippen LogP contribution in [0.15, 0.2) is 48.5 Å². The molecule has 2 N–H and O–H groups in total. The van der Waals surface area contributed by atoms with Crippen molar-refractivity contribution in [1.29, 1.82) is 0 Å². The van der Waals surface area contributed by atoms with Gasteiger partial charge in [-0.05, 0) is 35.9 Å². The van der Waals surface area contributed by atoms with Crippen LogP contribution in [-0.4, -0.2) is 71.6 Å². The molecule has 0 saturated carbocycles. The van der Waals surface area contributed by atoms with E-state index in [9.17, 15) is 35.9 Å². The van der Waals surface area contributed by atoms with Gasteiger partial charge in [0.1, 0.15) is 6.54 Å². The van der Waals surface area contributed by atoms with E-state index in [1.807, 2.05) is 0 Å². The number of piperazine rings is 1. The van der Waals surface area contributed by atoms with E-state index in [0.717, 1.165) is 24.3 Å². The molecule has 2 aromatic carbocycles. The predicted molar refractivity (Wildman–Crippen MR) is 121 cm³/mol. The van der Waals surface area contributed by atoms with Crippen LogP contribution in [-0.2, 0) is 22.3 Å². The number of nitrogens with one attached hydrogen (secondary N) is 1. The molecule has 202 valence electrons. The quantitative estimate of drug-likeness (QED) is 0.545. The molecule has 7 nitrogen and oxygen atoms in total. The topological polar surface area (TPSA) is 90.0 Å². The maximum atomic E-state index is 13.1. The number of alkyl halides is 6. The number of aliphatic carboxylic acids is 1. The van der Waals surface area contributed by atoms with Crippen LogP contribution < -0.4 is 5.32 Å². The molecule has 0 bridgehead atoms. The van der Waals surface area contributed by atoms with Gasteiger partial charge in [-0.15, -0.1) is 0 Å². The third-order valence-corrected chi connectivity index (χ3v) is 5.47. The van der Waals surface area contributed by atoms with E-state index in [0.29, 0.717) is 36.8 Å². The third kappa shape index (κ3) is 9.25. The summed E-state index contributed by atoms with van der Waals surface area (Å²) >= 11 is 6.21. The first kappa shape index (κ1) is 29.9. The molecule has 0 aliphatic carbocycles. The number of halogens is 7. The van der Waals surface area contributed by atoms with Crippen LogP contribution in [0.4, 0.5) is 26.3 Å². The number of carbonyl (C=O) groups is 3. The van der Waals surface area contributed by atoms with E-state index in [4.69, 9.17) is 21.5 Å². The summed E-state index contributed by atoms with van der Waals surface area (Å²) in [5, 5.41) is 10.7. The monoisotopic (exact) mass is 553 g/mol. The van der Waals surface area contributed by atoms with Crippen molar-refractivity contribution in [3.8, 4) is 0 Å². The lowest BCUT2D eigenvalue weighted by atomic mass is 10.1. The molecule has 37 heavy (non-hydrogen) atoms. The molecule has 2 aromatic rings. The Balaban J connectivity index is 0.000000604. The van der Waals surface area contributed by atoms with Crippen LogP contribution in [0.25, 0.3) is 0 Å². The van der Waals surface area contributed by atoms with E-state index < -0.39 is 29.8 Å². The Bertz CT molecular complexity index is 1090. The van der Waals surface area contributed by atoms with E-state index >= 15 is 0 Å². The van der Waals surface area contributed by atoms with Crippen LogP contribution in [0.3, 0.4) is 0 Å². The average Bonchev–Trinajstić information content (AvgIpc) is 2.84. The zero-order valence-corrected chi connectivity index (χ0v) is 19.8. The summed E-state index contributed by atoms with van der Waals surface area (Å²) in [6.07, 6.45) is -9.57. The predicted octanol–water partition coefficient (Wildman–Crippen LogP) is 4.07. The van der Waals surface area contributed by atoms with Gasteiger partial charge in [-0.1, -0.05) is 29.8 Å². The van der Waals surface area contributed by atoms with Crippen LogP contribution >= 0.6 is 11.6 Å². The molecular formula is C23H22ClF6N3O4. The standard InChI is InChI=1S/C21H21ClF3N3O2.C2HF3O2/c22-18-4-2-1-3-16(18)13-28(14-19(29)27-11-9-26-10-12-27)20(30)15-5-7-17(8-6-15)21(23,24)25;3-2(4,5)1(6)7/h1-8,26H,9-14H2;(H,6,7). The summed E-state index contributed by atoms with van der Waals surface area (Å²) < 4.78 is 70.2. The fourth-order valence-corrected chi connectivity index (χ4v) is 3.39. The number of benzene rings is 2. The molecule has 0 spiro atoms. The van der Waals surface area contributed by atoms with Gasteiger partial charge in [0.05, 0.1) is 5.56 Å². The van der Waals surface area contributed by atoms with Crippen molar-refractivity contribution in [3.63, 3.8) is 0 Å². The van der Waals surface area contributed by atoms with Crippen LogP contribution in [0.2, 0.25) is 5.02 Å². The van der Waals surface area contributed by atoms with Crippen LogP contribution in [0.5, 0.6) is 0 Å². The Morgan fingerprint density at radius 1 is 0.946 bits per heavy atom. The average molecular weight is 554 g/mol. The second-order valence-corrected chi connectivity index (χ2v) is 8.17. The van der Waals surface area contributed by atoms with E-state index in [2.05, 4.69) is 5.32 Å². The molecule has 1 heterocycles. The van der Waals surface area contributed by atoms with Crippen molar-refractivity contribution in [1.82, 2.24) is 15.1 Å². The van der Waals surface area contributed by atoms with Crippen molar-refractivity contribution in [2.24, 2.45) is 0 Å². The Kier molecular flexibility index (Phi) is 10.3. The van der Waals surface area contributed by atoms with Crippen LogP contribution in [0.1, 0.15) is 21.5 Å². The molecule has 0 unspecified atom stereocenters. The van der Waals surface area contributed by atoms with Gasteiger partial charge in [-0.3, -0.25) is 9.59 Å². The lowest BCUT2D eigenvalue weighted by Gasteiger charge is -2.30. The van der Waals surface area contributed by atoms with E-state index in [1.54, 1.807) is 29.2 Å². The van der Waals surface area contributed by atoms with Gasteiger partial charge in [0.25, 0.3) is 5.91 Å². The summed E-state index contributed by atoms with van der Waals surface area (Å²) in [5.74, 6) is -3.51. The van der Waals surface area contributed by atoms with Crippen molar-refractivity contribution >= 4 is 29.4 Å². The minimum absolute atomic E-state index is 0.0668. The molecule has 1 aliphatic rings. The molecule has 0 atom stereocenters. The number of carboxylic acid groups (broad SMARTS) is 1. The fraction of sp³-hybridized carbons (Fsp3) is 0.348. The zero-order valence-electron chi connectivity index (χ0n) is 19.1. The molecule has 1 saturated heterocycles. The number of amides is 2. The second-order valence-electron chi connectivity index (χ2n) is 7.76. The summed E-state index contributed by atoms with van der Waals surface area (Å²) in [4.78, 5) is 37.7. The molecule has 1 fully saturated rings. The SMILES string of the molecule is O=C(CN(Cc1ccccc1Cl)C(=O)c1ccc(C(F)(F)F)cc1)N1CCNCC1.O=C(O)C(F)(F)F. The Morgan fingerprint density at radius 2 is 1.49 bits per heavy atom. The maximum absolute atomic E-state index is 13.1. The normalized spacial score (nSPS) is 13.9. The number of rotatable bonds is 5. The first-order valence-corrected chi connectivity index (χ1v) is 11.1. The minimum atomic E-state index is -5.08. The summed E-state index contributed by atoms with van der Waals surface area (Å²) in [7, 11) is 0. The highest BCUT2D eigenvalue weighted by Crippen LogP contribution is 2.29. The number of carboxylic acids is 1. The van der Waals surface area contributed by atoms with Crippen LogP contribution in [0, 0.1) is 0 Å². The zero-order chi connectivity index (χ0) is 27.8. The smallest absolute Gasteiger partial charge is 0.475 e. The van der Waals surface area contributed by atoms with E-state index in [1.165, 1.54) is 4.90 Å². The third-order valence-electron chi connectivity index (χ3n) is 5.10. The van der Waals surface area contributed by atoms with Gasteiger partial charge >= 0.3 is 18.3 Å². The Hall–Kier alpha value is -3.32. The molecule has 3 rings (SSSR count). The number of hydrogen-bond acceptors (Lipinski definition) is 4. The lowest BCUT2D eigenvalue weighted by molar-refractivity contribution is -0.192. The van der Waals surface area contributed by atoms with Gasteiger partial charge in [-0.25, -0.2) is 4.79 Å².